The third kappa shape index (κ3) is 6.89. The molecule has 10 heteroatoms. The fraction of sp³-hybridized carbons (Fsp3) is 0.227. The third-order valence-corrected chi connectivity index (χ3v) is 4.39. The average Bonchev–Trinajstić information content (AvgIpc) is 2.77. The molecule has 0 saturated carbocycles. The molecule has 32 heavy (non-hydrogen) atoms. The Kier molecular flexibility index (Phi) is 8.38. The van der Waals surface area contributed by atoms with Gasteiger partial charge in [-0.1, -0.05) is 6.92 Å². The van der Waals surface area contributed by atoms with Crippen molar-refractivity contribution >= 4 is 35.3 Å². The lowest BCUT2D eigenvalue weighted by Crippen LogP contribution is -2.46. The van der Waals surface area contributed by atoms with Crippen LogP contribution < -0.4 is 15.8 Å². The molecule has 10 nitrogen and oxygen atoms in total. The summed E-state index contributed by atoms with van der Waals surface area (Å²) in [7, 11) is 0. The number of benzene rings is 2. The number of carboxylic acids is 1. The number of ketones is 1. The highest BCUT2D eigenvalue weighted by atomic mass is 16.5. The summed E-state index contributed by atoms with van der Waals surface area (Å²) in [5.41, 5.74) is 6.20. The van der Waals surface area contributed by atoms with Gasteiger partial charge in [-0.2, -0.15) is 4.99 Å². The summed E-state index contributed by atoms with van der Waals surface area (Å²) in [5.74, 6) is -3.35. The van der Waals surface area contributed by atoms with Gasteiger partial charge in [-0.05, 0) is 48.5 Å². The van der Waals surface area contributed by atoms with Gasteiger partial charge in [-0.15, -0.1) is 0 Å². The van der Waals surface area contributed by atoms with Gasteiger partial charge in [0.25, 0.3) is 0 Å². The Hall–Kier alpha value is -4.30. The maximum absolute atomic E-state index is 12.5. The van der Waals surface area contributed by atoms with Crippen molar-refractivity contribution in [3.05, 3.63) is 59.7 Å². The van der Waals surface area contributed by atoms with Gasteiger partial charge in [0.1, 0.15) is 11.8 Å². The topological polar surface area (TPSA) is 165 Å². The van der Waals surface area contributed by atoms with E-state index in [1.807, 2.05) is 0 Å². The Morgan fingerprint density at radius 2 is 1.62 bits per heavy atom. The Bertz CT molecular complexity index is 1040. The molecule has 2 rings (SSSR count). The maximum Gasteiger partial charge on any atom is 0.326 e. The predicted octanol–water partition coefficient (Wildman–Crippen LogP) is 1.34. The highest BCUT2D eigenvalue weighted by Crippen LogP contribution is 2.18. The summed E-state index contributed by atoms with van der Waals surface area (Å²) >= 11 is 0. The number of isocyanates is 1. The van der Waals surface area contributed by atoms with Crippen LogP contribution in [0, 0.1) is 5.92 Å². The molecule has 2 unspecified atom stereocenters. The number of aliphatic imine (C=N–C) groups is 1. The van der Waals surface area contributed by atoms with Crippen LogP contribution in [0.2, 0.25) is 0 Å². The van der Waals surface area contributed by atoms with Gasteiger partial charge in [0.2, 0.25) is 17.9 Å². The molecule has 0 bridgehead atoms. The Morgan fingerprint density at radius 3 is 2.12 bits per heavy atom. The van der Waals surface area contributed by atoms with Crippen molar-refractivity contribution in [3.8, 4) is 5.75 Å². The smallest absolute Gasteiger partial charge is 0.326 e. The number of nitrogens with zero attached hydrogens (tertiary/aromatic N) is 1. The van der Waals surface area contributed by atoms with Crippen LogP contribution in [-0.2, 0) is 19.2 Å². The van der Waals surface area contributed by atoms with Gasteiger partial charge in [0.15, 0.2) is 5.78 Å². The fourth-order valence-corrected chi connectivity index (χ4v) is 2.62. The number of primary amides is 1. The van der Waals surface area contributed by atoms with Gasteiger partial charge in [-0.25, -0.2) is 9.59 Å². The maximum atomic E-state index is 12.5. The number of rotatable bonds is 11. The first-order valence-electron chi connectivity index (χ1n) is 9.48. The molecule has 0 aliphatic heterocycles. The summed E-state index contributed by atoms with van der Waals surface area (Å²) in [6, 6.07) is 11.0. The number of nitrogens with two attached hydrogens (primary N) is 1. The number of ether oxygens (including phenoxy) is 1. The van der Waals surface area contributed by atoms with Crippen molar-refractivity contribution in [3.63, 3.8) is 0 Å². The van der Waals surface area contributed by atoms with Crippen LogP contribution in [0.5, 0.6) is 5.75 Å². The zero-order valence-corrected chi connectivity index (χ0v) is 17.1. The van der Waals surface area contributed by atoms with Crippen LogP contribution in [0.1, 0.15) is 29.3 Å². The molecule has 0 heterocycles. The lowest BCUT2D eigenvalue weighted by molar-refractivity contribution is -0.144. The second-order valence-electron chi connectivity index (χ2n) is 6.89. The lowest BCUT2D eigenvalue weighted by Gasteiger charge is -2.17. The van der Waals surface area contributed by atoms with E-state index in [-0.39, 0.29) is 12.4 Å². The predicted molar refractivity (Wildman–Crippen MR) is 112 cm³/mol. The number of hydrogen-bond acceptors (Lipinski definition) is 7. The van der Waals surface area contributed by atoms with Gasteiger partial charge >= 0.3 is 5.97 Å². The van der Waals surface area contributed by atoms with E-state index in [0.29, 0.717) is 22.6 Å². The number of hydrogen-bond donors (Lipinski definition) is 3. The molecular formula is C22H21N3O7. The van der Waals surface area contributed by atoms with Crippen molar-refractivity contribution < 1.29 is 33.8 Å². The van der Waals surface area contributed by atoms with E-state index in [2.05, 4.69) is 10.3 Å². The zero-order valence-electron chi connectivity index (χ0n) is 17.1. The summed E-state index contributed by atoms with van der Waals surface area (Å²) in [5, 5.41) is 11.3. The van der Waals surface area contributed by atoms with Crippen LogP contribution in [0.15, 0.2) is 53.5 Å². The Labute approximate surface area is 183 Å². The van der Waals surface area contributed by atoms with E-state index in [9.17, 15) is 24.0 Å². The van der Waals surface area contributed by atoms with Crippen LogP contribution in [0.3, 0.4) is 0 Å². The number of aliphatic carboxylic acids is 1. The van der Waals surface area contributed by atoms with E-state index >= 15 is 0 Å². The first-order chi connectivity index (χ1) is 15.2. The van der Waals surface area contributed by atoms with Gasteiger partial charge in [0.05, 0.1) is 24.6 Å². The van der Waals surface area contributed by atoms with Crippen LogP contribution >= 0.6 is 0 Å². The molecule has 0 aromatic heterocycles. The van der Waals surface area contributed by atoms with E-state index in [0.717, 1.165) is 0 Å². The van der Waals surface area contributed by atoms with Crippen LogP contribution in [-0.4, -0.2) is 47.4 Å². The normalized spacial score (nSPS) is 12.0. The molecule has 2 aromatic carbocycles. The molecular weight excluding hydrogens is 418 g/mol. The van der Waals surface area contributed by atoms with Crippen molar-refractivity contribution in [2.75, 3.05) is 6.61 Å². The minimum atomic E-state index is -1.41. The molecule has 0 saturated heterocycles. The van der Waals surface area contributed by atoms with Crippen molar-refractivity contribution in [2.24, 2.45) is 16.6 Å². The van der Waals surface area contributed by atoms with E-state index < -0.39 is 36.2 Å². The van der Waals surface area contributed by atoms with Crippen molar-refractivity contribution in [1.82, 2.24) is 5.32 Å². The highest BCUT2D eigenvalue weighted by Gasteiger charge is 2.25. The molecule has 2 atom stereocenters. The summed E-state index contributed by atoms with van der Waals surface area (Å²) in [6.07, 6.45) is 0.909. The largest absolute Gasteiger partial charge is 0.493 e. The quantitative estimate of drug-likeness (QED) is 0.270. The highest BCUT2D eigenvalue weighted by molar-refractivity contribution is 6.09. The SMILES string of the molecule is CC(COc1ccc(C(=O)c2ccc(N=C=O)cc2)cc1)C(=O)NC(CC(N)=O)C(=O)O. The van der Waals surface area contributed by atoms with Crippen molar-refractivity contribution in [2.45, 2.75) is 19.4 Å². The van der Waals surface area contributed by atoms with Gasteiger partial charge in [-0.3, -0.25) is 14.4 Å². The molecule has 0 aliphatic carbocycles. The van der Waals surface area contributed by atoms with E-state index in [1.54, 1.807) is 36.4 Å². The third-order valence-electron chi connectivity index (χ3n) is 4.39. The van der Waals surface area contributed by atoms with Crippen LogP contribution in [0.25, 0.3) is 0 Å². The first kappa shape index (κ1) is 24.0. The van der Waals surface area contributed by atoms with Gasteiger partial charge < -0.3 is 20.9 Å². The average molecular weight is 439 g/mol. The summed E-state index contributed by atoms with van der Waals surface area (Å²) < 4.78 is 5.54. The number of amides is 2. The zero-order chi connectivity index (χ0) is 23.7. The minimum absolute atomic E-state index is 0.0548. The Morgan fingerprint density at radius 1 is 1.06 bits per heavy atom. The lowest BCUT2D eigenvalue weighted by atomic mass is 10.0. The number of carboxylic acid groups (broad SMARTS) is 1. The second-order valence-corrected chi connectivity index (χ2v) is 6.89. The molecule has 0 radical (unpaired) electrons. The summed E-state index contributed by atoms with van der Waals surface area (Å²) in [4.78, 5) is 60.4. The minimum Gasteiger partial charge on any atom is -0.493 e. The standard InChI is InChI=1S/C22H21N3O7/c1-13(21(29)25-18(22(30)31)10-19(23)27)11-32-17-8-4-15(5-9-17)20(28)14-2-6-16(7-3-14)24-12-26/h2-9,13,18H,10-11H2,1H3,(H2,23,27)(H,25,29)(H,30,31). The Balaban J connectivity index is 1.93. The monoisotopic (exact) mass is 439 g/mol. The van der Waals surface area contributed by atoms with E-state index in [1.165, 1.54) is 25.1 Å². The first-order valence-corrected chi connectivity index (χ1v) is 9.48. The number of nitrogens with one attached hydrogen (secondary N) is 1. The molecule has 0 fully saturated rings. The van der Waals surface area contributed by atoms with Crippen molar-refractivity contribution in [1.29, 1.82) is 0 Å². The fourth-order valence-electron chi connectivity index (χ4n) is 2.62. The number of carbonyl (C=O) groups is 4. The number of carbonyl (C=O) groups excluding carboxylic acids is 4. The van der Waals surface area contributed by atoms with E-state index in [4.69, 9.17) is 15.6 Å². The molecule has 2 amide bonds. The molecule has 0 spiro atoms. The van der Waals surface area contributed by atoms with Crippen LogP contribution in [0.4, 0.5) is 5.69 Å². The summed E-state index contributed by atoms with van der Waals surface area (Å²) in [6.45, 7) is 1.48. The molecule has 2 aromatic rings. The second kappa shape index (κ2) is 11.2. The molecule has 0 aliphatic rings. The molecule has 4 N–H and O–H groups in total. The van der Waals surface area contributed by atoms with Gasteiger partial charge in [0, 0.05) is 11.1 Å². The molecule has 166 valence electrons.